The lowest BCUT2D eigenvalue weighted by atomic mass is 10.2. The van der Waals surface area contributed by atoms with E-state index in [1.807, 2.05) is 18.6 Å². The third kappa shape index (κ3) is 2.66. The Bertz CT molecular complexity index is 434. The largest absolute Gasteiger partial charge is 0.301 e. The molecule has 0 amide bonds. The van der Waals surface area contributed by atoms with Gasteiger partial charge in [0, 0.05) is 28.2 Å². The normalized spacial score (nSPS) is 13.2. The molecular weight excluding hydrogens is 238 g/mol. The predicted molar refractivity (Wildman–Crippen MR) is 69.1 cm³/mol. The van der Waals surface area contributed by atoms with Crippen molar-refractivity contribution in [3.05, 3.63) is 32.7 Å². The minimum atomic E-state index is 0.186. The maximum atomic E-state index is 4.55. The number of hydrogen-bond acceptors (Lipinski definition) is 5. The minimum absolute atomic E-state index is 0.186. The van der Waals surface area contributed by atoms with Gasteiger partial charge in [-0.25, -0.2) is 4.98 Å². The number of nitrogens with zero attached hydrogens (tertiary/aromatic N) is 2. The molecule has 2 heterocycles. The molecule has 1 unspecified atom stereocenters. The zero-order chi connectivity index (χ0) is 11.5. The molecule has 0 aliphatic carbocycles. The summed E-state index contributed by atoms with van der Waals surface area (Å²) in [5.41, 5.74) is 2.95. The Morgan fingerprint density at radius 3 is 2.62 bits per heavy atom. The first kappa shape index (κ1) is 11.7. The van der Waals surface area contributed by atoms with E-state index in [0.717, 1.165) is 10.7 Å². The maximum absolute atomic E-state index is 4.55. The molecule has 0 aliphatic heterocycles. The molecule has 0 saturated carbocycles. The van der Waals surface area contributed by atoms with E-state index in [4.69, 9.17) is 0 Å². The topological polar surface area (TPSA) is 37.8 Å². The van der Waals surface area contributed by atoms with Crippen LogP contribution in [0.15, 0.2) is 17.1 Å². The summed E-state index contributed by atoms with van der Waals surface area (Å²) >= 11 is 3.37. The molecule has 0 aromatic carbocycles. The molecular formula is C11H15N3S2. The Balaban J connectivity index is 2.28. The number of rotatable bonds is 4. The summed E-state index contributed by atoms with van der Waals surface area (Å²) in [6, 6.07) is 0.613. The van der Waals surface area contributed by atoms with Gasteiger partial charge in [0.2, 0.25) is 0 Å². The van der Waals surface area contributed by atoms with Gasteiger partial charge in [-0.3, -0.25) is 4.98 Å². The second-order valence-electron chi connectivity index (χ2n) is 3.99. The quantitative estimate of drug-likeness (QED) is 0.910. The van der Waals surface area contributed by atoms with Crippen LogP contribution in [0.4, 0.5) is 0 Å². The van der Waals surface area contributed by atoms with Gasteiger partial charge in [0.05, 0.1) is 11.6 Å². The maximum Gasteiger partial charge on any atom is 0.115 e. The van der Waals surface area contributed by atoms with Crippen molar-refractivity contribution in [2.45, 2.75) is 32.9 Å². The van der Waals surface area contributed by atoms with Gasteiger partial charge < -0.3 is 5.32 Å². The van der Waals surface area contributed by atoms with Crippen LogP contribution < -0.4 is 5.32 Å². The SMILES string of the molecule is Cc1csc(C(NC(C)C)c2cncs2)n1. The molecule has 16 heavy (non-hydrogen) atoms. The van der Waals surface area contributed by atoms with Gasteiger partial charge in [0.1, 0.15) is 5.01 Å². The molecule has 0 bridgehead atoms. The molecule has 86 valence electrons. The monoisotopic (exact) mass is 253 g/mol. The van der Waals surface area contributed by atoms with Crippen LogP contribution >= 0.6 is 22.7 Å². The Hall–Kier alpha value is -0.780. The summed E-state index contributed by atoms with van der Waals surface area (Å²) in [7, 11) is 0. The summed E-state index contributed by atoms with van der Waals surface area (Å²) < 4.78 is 0. The van der Waals surface area contributed by atoms with E-state index < -0.39 is 0 Å². The van der Waals surface area contributed by atoms with E-state index >= 15 is 0 Å². The van der Waals surface area contributed by atoms with Crippen molar-refractivity contribution < 1.29 is 0 Å². The Morgan fingerprint density at radius 2 is 2.12 bits per heavy atom. The lowest BCUT2D eigenvalue weighted by molar-refractivity contribution is 0.531. The van der Waals surface area contributed by atoms with Crippen molar-refractivity contribution in [2.75, 3.05) is 0 Å². The first-order valence-electron chi connectivity index (χ1n) is 5.23. The Kier molecular flexibility index (Phi) is 3.68. The predicted octanol–water partition coefficient (Wildman–Crippen LogP) is 3.00. The van der Waals surface area contributed by atoms with Crippen LogP contribution in [-0.4, -0.2) is 16.0 Å². The van der Waals surface area contributed by atoms with E-state index in [-0.39, 0.29) is 6.04 Å². The fourth-order valence-electron chi connectivity index (χ4n) is 1.48. The molecule has 1 N–H and O–H groups in total. The van der Waals surface area contributed by atoms with Crippen LogP contribution in [0.25, 0.3) is 0 Å². The van der Waals surface area contributed by atoms with Gasteiger partial charge in [-0.05, 0) is 20.8 Å². The summed E-state index contributed by atoms with van der Waals surface area (Å²) in [6.07, 6.45) is 1.92. The van der Waals surface area contributed by atoms with Crippen molar-refractivity contribution in [2.24, 2.45) is 0 Å². The van der Waals surface area contributed by atoms with Crippen molar-refractivity contribution in [3.8, 4) is 0 Å². The van der Waals surface area contributed by atoms with Crippen molar-refractivity contribution in [3.63, 3.8) is 0 Å². The minimum Gasteiger partial charge on any atom is -0.301 e. The van der Waals surface area contributed by atoms with Crippen LogP contribution in [0.1, 0.15) is 35.5 Å². The fourth-order valence-corrected chi connectivity index (χ4v) is 3.11. The lowest BCUT2D eigenvalue weighted by Gasteiger charge is -2.17. The van der Waals surface area contributed by atoms with Gasteiger partial charge in [-0.2, -0.15) is 0 Å². The van der Waals surface area contributed by atoms with E-state index in [9.17, 15) is 0 Å². The first-order valence-corrected chi connectivity index (χ1v) is 6.99. The average Bonchev–Trinajstić information content (AvgIpc) is 2.84. The van der Waals surface area contributed by atoms with Crippen molar-refractivity contribution >= 4 is 22.7 Å². The van der Waals surface area contributed by atoms with E-state index in [1.54, 1.807) is 22.7 Å². The summed E-state index contributed by atoms with van der Waals surface area (Å²) in [5, 5.41) is 6.74. The molecule has 0 spiro atoms. The number of thiazole rings is 2. The highest BCUT2D eigenvalue weighted by molar-refractivity contribution is 7.11. The van der Waals surface area contributed by atoms with Gasteiger partial charge in [0.15, 0.2) is 0 Å². The Labute approximate surface area is 104 Å². The zero-order valence-corrected chi connectivity index (χ0v) is 11.2. The second-order valence-corrected chi connectivity index (χ2v) is 5.79. The second kappa shape index (κ2) is 5.03. The Morgan fingerprint density at radius 1 is 1.31 bits per heavy atom. The molecule has 2 aromatic rings. The van der Waals surface area contributed by atoms with Gasteiger partial charge in [-0.15, -0.1) is 22.7 Å². The summed E-state index contributed by atoms with van der Waals surface area (Å²) in [5.74, 6) is 0. The van der Waals surface area contributed by atoms with E-state index in [0.29, 0.717) is 6.04 Å². The fraction of sp³-hybridized carbons (Fsp3) is 0.455. The molecule has 0 radical (unpaired) electrons. The number of nitrogens with one attached hydrogen (secondary N) is 1. The number of hydrogen-bond donors (Lipinski definition) is 1. The first-order chi connectivity index (χ1) is 7.66. The smallest absolute Gasteiger partial charge is 0.115 e. The summed E-state index contributed by atoms with van der Waals surface area (Å²) in [6.45, 7) is 6.32. The van der Waals surface area contributed by atoms with Gasteiger partial charge in [-0.1, -0.05) is 0 Å². The van der Waals surface area contributed by atoms with Crippen LogP contribution in [-0.2, 0) is 0 Å². The molecule has 3 nitrogen and oxygen atoms in total. The van der Waals surface area contributed by atoms with E-state index in [1.165, 1.54) is 4.88 Å². The van der Waals surface area contributed by atoms with Crippen LogP contribution in [0.3, 0.4) is 0 Å². The molecule has 5 heteroatoms. The van der Waals surface area contributed by atoms with Crippen molar-refractivity contribution in [1.29, 1.82) is 0 Å². The average molecular weight is 253 g/mol. The highest BCUT2D eigenvalue weighted by Crippen LogP contribution is 2.27. The number of aromatic nitrogens is 2. The van der Waals surface area contributed by atoms with Crippen molar-refractivity contribution in [1.82, 2.24) is 15.3 Å². The van der Waals surface area contributed by atoms with Crippen LogP contribution in [0.2, 0.25) is 0 Å². The standard InChI is InChI=1S/C11H15N3S2/c1-7(2)13-10(9-4-12-6-16-9)11-14-8(3)5-15-11/h4-7,10,13H,1-3H3. The molecule has 2 aromatic heterocycles. The molecule has 0 aliphatic rings. The lowest BCUT2D eigenvalue weighted by Crippen LogP contribution is -2.28. The highest BCUT2D eigenvalue weighted by atomic mass is 32.1. The zero-order valence-electron chi connectivity index (χ0n) is 9.60. The van der Waals surface area contributed by atoms with Crippen LogP contribution in [0.5, 0.6) is 0 Å². The van der Waals surface area contributed by atoms with E-state index in [2.05, 4.69) is 34.5 Å². The molecule has 1 atom stereocenters. The molecule has 2 rings (SSSR count). The molecule has 0 saturated heterocycles. The van der Waals surface area contributed by atoms with Crippen LogP contribution in [0, 0.1) is 6.92 Å². The van der Waals surface area contributed by atoms with Gasteiger partial charge in [0.25, 0.3) is 0 Å². The van der Waals surface area contributed by atoms with Gasteiger partial charge >= 0.3 is 0 Å². The number of aryl methyl sites for hydroxylation is 1. The molecule has 0 fully saturated rings. The third-order valence-corrected chi connectivity index (χ3v) is 3.99. The summed E-state index contributed by atoms with van der Waals surface area (Å²) in [4.78, 5) is 9.92. The highest BCUT2D eigenvalue weighted by Gasteiger charge is 2.19. The third-order valence-electron chi connectivity index (χ3n) is 2.12.